The number of hydrogen-bond donors (Lipinski definition) is 0. The summed E-state index contributed by atoms with van der Waals surface area (Å²) < 4.78 is 1.87. The van der Waals surface area contributed by atoms with E-state index in [1.54, 1.807) is 12.4 Å². The van der Waals surface area contributed by atoms with Gasteiger partial charge in [-0.15, -0.1) is 0 Å². The van der Waals surface area contributed by atoms with Crippen molar-refractivity contribution >= 4 is 16.9 Å². The van der Waals surface area contributed by atoms with E-state index in [9.17, 15) is 4.79 Å². The molecule has 5 nitrogen and oxygen atoms in total. The van der Waals surface area contributed by atoms with E-state index >= 15 is 0 Å². The average Bonchev–Trinajstić information content (AvgIpc) is 3.03. The van der Waals surface area contributed by atoms with Crippen LogP contribution in [-0.4, -0.2) is 31.6 Å². The van der Waals surface area contributed by atoms with Gasteiger partial charge in [-0.05, 0) is 39.3 Å². The molecule has 0 fully saturated rings. The summed E-state index contributed by atoms with van der Waals surface area (Å²) in [6.45, 7) is 8.77. The second kappa shape index (κ2) is 7.05. The SMILES string of the molecule is CC(C)N(Cc1ccccc1)C(=O)c1cnc2c(cnn2C(C)C)c1. The first kappa shape index (κ1) is 17.1. The van der Waals surface area contributed by atoms with Crippen molar-refractivity contribution in [3.05, 3.63) is 59.9 Å². The van der Waals surface area contributed by atoms with Gasteiger partial charge in [0.25, 0.3) is 5.91 Å². The monoisotopic (exact) mass is 336 g/mol. The van der Waals surface area contributed by atoms with E-state index < -0.39 is 0 Å². The van der Waals surface area contributed by atoms with Crippen LogP contribution < -0.4 is 0 Å². The molecule has 0 bridgehead atoms. The molecule has 0 atom stereocenters. The lowest BCUT2D eigenvalue weighted by Gasteiger charge is -2.27. The van der Waals surface area contributed by atoms with Crippen LogP contribution in [0.5, 0.6) is 0 Å². The molecule has 25 heavy (non-hydrogen) atoms. The van der Waals surface area contributed by atoms with Gasteiger partial charge in [0.1, 0.15) is 0 Å². The van der Waals surface area contributed by atoms with Gasteiger partial charge >= 0.3 is 0 Å². The summed E-state index contributed by atoms with van der Waals surface area (Å²) in [5, 5.41) is 5.26. The van der Waals surface area contributed by atoms with E-state index in [4.69, 9.17) is 0 Å². The Hall–Kier alpha value is -2.69. The van der Waals surface area contributed by atoms with Gasteiger partial charge < -0.3 is 4.90 Å². The number of rotatable bonds is 5. The van der Waals surface area contributed by atoms with Gasteiger partial charge in [0.05, 0.1) is 11.8 Å². The average molecular weight is 336 g/mol. The number of carbonyl (C=O) groups excluding carboxylic acids is 1. The standard InChI is InChI=1S/C20H24N4O/c1-14(2)23(13-16-8-6-5-7-9-16)20(25)18-10-17-12-22-24(15(3)4)19(17)21-11-18/h5-12,14-15H,13H2,1-4H3. The van der Waals surface area contributed by atoms with Gasteiger partial charge in [-0.1, -0.05) is 30.3 Å². The molecule has 3 aromatic rings. The van der Waals surface area contributed by atoms with E-state index in [2.05, 4.69) is 23.9 Å². The molecular formula is C20H24N4O. The molecule has 0 saturated heterocycles. The molecule has 2 aromatic heterocycles. The van der Waals surface area contributed by atoms with Gasteiger partial charge in [-0.25, -0.2) is 9.67 Å². The Bertz CT molecular complexity index is 868. The van der Waals surface area contributed by atoms with Gasteiger partial charge in [0, 0.05) is 30.2 Å². The van der Waals surface area contributed by atoms with Crippen LogP contribution in [0.4, 0.5) is 0 Å². The molecule has 0 spiro atoms. The molecule has 2 heterocycles. The third-order valence-corrected chi connectivity index (χ3v) is 4.25. The molecule has 0 aliphatic heterocycles. The summed E-state index contributed by atoms with van der Waals surface area (Å²) >= 11 is 0. The maximum Gasteiger partial charge on any atom is 0.255 e. The van der Waals surface area contributed by atoms with E-state index in [-0.39, 0.29) is 18.0 Å². The topological polar surface area (TPSA) is 51.0 Å². The number of pyridine rings is 1. The Morgan fingerprint density at radius 3 is 2.48 bits per heavy atom. The second-order valence-electron chi connectivity index (χ2n) is 6.83. The summed E-state index contributed by atoms with van der Waals surface area (Å²) in [5.74, 6) is -0.00875. The van der Waals surface area contributed by atoms with Gasteiger partial charge in [-0.3, -0.25) is 4.79 Å². The van der Waals surface area contributed by atoms with Crippen molar-refractivity contribution in [2.45, 2.75) is 46.3 Å². The second-order valence-corrected chi connectivity index (χ2v) is 6.83. The zero-order valence-electron chi connectivity index (χ0n) is 15.2. The third-order valence-electron chi connectivity index (χ3n) is 4.25. The third kappa shape index (κ3) is 3.55. The first-order valence-corrected chi connectivity index (χ1v) is 8.65. The zero-order valence-corrected chi connectivity index (χ0v) is 15.2. The van der Waals surface area contributed by atoms with Crippen LogP contribution in [0, 0.1) is 0 Å². The van der Waals surface area contributed by atoms with E-state index in [0.29, 0.717) is 12.1 Å². The minimum atomic E-state index is -0.00875. The maximum absolute atomic E-state index is 13.0. The number of benzene rings is 1. The fraction of sp³-hybridized carbons (Fsp3) is 0.350. The van der Waals surface area contributed by atoms with E-state index in [1.165, 1.54) is 0 Å². The molecule has 130 valence electrons. The van der Waals surface area contributed by atoms with Crippen LogP contribution in [0.3, 0.4) is 0 Å². The van der Waals surface area contributed by atoms with Crippen molar-refractivity contribution in [2.75, 3.05) is 0 Å². The highest BCUT2D eigenvalue weighted by Crippen LogP contribution is 2.19. The molecule has 0 unspecified atom stereocenters. The number of amides is 1. The first-order valence-electron chi connectivity index (χ1n) is 8.65. The summed E-state index contributed by atoms with van der Waals surface area (Å²) in [5.41, 5.74) is 2.53. The largest absolute Gasteiger partial charge is 0.332 e. The fourth-order valence-electron chi connectivity index (χ4n) is 2.87. The van der Waals surface area contributed by atoms with Crippen LogP contribution in [0.25, 0.3) is 11.0 Å². The number of fused-ring (bicyclic) bond motifs is 1. The van der Waals surface area contributed by atoms with Crippen molar-refractivity contribution in [2.24, 2.45) is 0 Å². The number of aromatic nitrogens is 3. The Balaban J connectivity index is 1.90. The molecule has 0 N–H and O–H groups in total. The van der Waals surface area contributed by atoms with Crippen LogP contribution in [0.2, 0.25) is 0 Å². The lowest BCUT2D eigenvalue weighted by molar-refractivity contribution is 0.0690. The van der Waals surface area contributed by atoms with Crippen LogP contribution in [0.1, 0.15) is 49.7 Å². The Morgan fingerprint density at radius 2 is 1.84 bits per heavy atom. The Kier molecular flexibility index (Phi) is 4.83. The Labute approximate surface area is 148 Å². The molecule has 5 heteroatoms. The highest BCUT2D eigenvalue weighted by atomic mass is 16.2. The minimum Gasteiger partial charge on any atom is -0.332 e. The molecule has 0 saturated carbocycles. The molecule has 1 amide bonds. The molecule has 0 radical (unpaired) electrons. The molecular weight excluding hydrogens is 312 g/mol. The molecule has 0 aliphatic carbocycles. The summed E-state index contributed by atoms with van der Waals surface area (Å²) in [6.07, 6.45) is 3.43. The van der Waals surface area contributed by atoms with Crippen LogP contribution in [0.15, 0.2) is 48.8 Å². The van der Waals surface area contributed by atoms with Gasteiger partial charge in [0.2, 0.25) is 0 Å². The number of hydrogen-bond acceptors (Lipinski definition) is 3. The van der Waals surface area contributed by atoms with Crippen molar-refractivity contribution in [3.63, 3.8) is 0 Å². The molecule has 3 rings (SSSR count). The minimum absolute atomic E-state index is 0.00875. The molecule has 1 aromatic carbocycles. The molecule has 0 aliphatic rings. The lowest BCUT2D eigenvalue weighted by Crippen LogP contribution is -2.36. The maximum atomic E-state index is 13.0. The first-order chi connectivity index (χ1) is 12.0. The lowest BCUT2D eigenvalue weighted by atomic mass is 10.1. The number of nitrogens with zero attached hydrogens (tertiary/aromatic N) is 4. The zero-order chi connectivity index (χ0) is 18.0. The van der Waals surface area contributed by atoms with Gasteiger partial charge in [-0.2, -0.15) is 5.10 Å². The van der Waals surface area contributed by atoms with Crippen molar-refractivity contribution in [1.82, 2.24) is 19.7 Å². The van der Waals surface area contributed by atoms with E-state index in [1.807, 2.05) is 59.8 Å². The Morgan fingerprint density at radius 1 is 1.12 bits per heavy atom. The van der Waals surface area contributed by atoms with E-state index in [0.717, 1.165) is 16.6 Å². The van der Waals surface area contributed by atoms with Crippen LogP contribution >= 0.6 is 0 Å². The predicted octanol–water partition coefficient (Wildman–Crippen LogP) is 4.06. The quantitative estimate of drug-likeness (QED) is 0.706. The summed E-state index contributed by atoms with van der Waals surface area (Å²) in [6, 6.07) is 12.3. The summed E-state index contributed by atoms with van der Waals surface area (Å²) in [7, 11) is 0. The highest BCUT2D eigenvalue weighted by molar-refractivity contribution is 5.97. The number of carbonyl (C=O) groups is 1. The van der Waals surface area contributed by atoms with Gasteiger partial charge in [0.15, 0.2) is 5.65 Å². The summed E-state index contributed by atoms with van der Waals surface area (Å²) in [4.78, 5) is 19.4. The van der Waals surface area contributed by atoms with Crippen LogP contribution in [-0.2, 0) is 6.54 Å². The smallest absolute Gasteiger partial charge is 0.255 e. The predicted molar refractivity (Wildman–Crippen MR) is 99.4 cm³/mol. The highest BCUT2D eigenvalue weighted by Gasteiger charge is 2.20. The van der Waals surface area contributed by atoms with Crippen molar-refractivity contribution in [1.29, 1.82) is 0 Å². The van der Waals surface area contributed by atoms with Crippen molar-refractivity contribution in [3.8, 4) is 0 Å². The fourth-order valence-corrected chi connectivity index (χ4v) is 2.87. The van der Waals surface area contributed by atoms with Crippen molar-refractivity contribution < 1.29 is 4.79 Å². The normalized spacial score (nSPS) is 11.4.